The van der Waals surface area contributed by atoms with Gasteiger partial charge < -0.3 is 10.2 Å². The van der Waals surface area contributed by atoms with Gasteiger partial charge in [-0.15, -0.1) is 0 Å². The highest BCUT2D eigenvalue weighted by atomic mass is 32.2. The van der Waals surface area contributed by atoms with Crippen molar-refractivity contribution in [2.45, 2.75) is 51.9 Å². The summed E-state index contributed by atoms with van der Waals surface area (Å²) in [4.78, 5) is 14.8. The minimum Gasteiger partial charge on any atom is -0.339 e. The van der Waals surface area contributed by atoms with Gasteiger partial charge in [-0.1, -0.05) is 37.5 Å². The van der Waals surface area contributed by atoms with Gasteiger partial charge in [-0.3, -0.25) is 4.79 Å². The first-order chi connectivity index (χ1) is 12.8. The third-order valence-electron chi connectivity index (χ3n) is 4.99. The van der Waals surface area contributed by atoms with Crippen molar-refractivity contribution in [1.82, 2.24) is 14.5 Å². The molecule has 152 valence electrons. The van der Waals surface area contributed by atoms with Crippen LogP contribution in [0.5, 0.6) is 0 Å². The molecule has 0 aromatic heterocycles. The summed E-state index contributed by atoms with van der Waals surface area (Å²) >= 11 is 0. The number of rotatable bonds is 8. The molecular weight excluding hydrogens is 362 g/mol. The number of aryl methyl sites for hydroxylation is 3. The summed E-state index contributed by atoms with van der Waals surface area (Å²) in [6.07, 6.45) is 2.70. The van der Waals surface area contributed by atoms with Crippen LogP contribution in [0, 0.1) is 20.8 Å². The molecule has 0 unspecified atom stereocenters. The van der Waals surface area contributed by atoms with E-state index < -0.39 is 10.0 Å². The van der Waals surface area contributed by atoms with Crippen molar-refractivity contribution in [3.05, 3.63) is 28.8 Å². The molecule has 0 radical (unpaired) electrons. The van der Waals surface area contributed by atoms with Crippen LogP contribution >= 0.6 is 0 Å². The Bertz CT molecular complexity index is 733. The molecule has 6 nitrogen and oxygen atoms in total. The van der Waals surface area contributed by atoms with E-state index in [1.165, 1.54) is 4.31 Å². The molecule has 1 aliphatic rings. The minimum absolute atomic E-state index is 0.0845. The predicted molar refractivity (Wildman–Crippen MR) is 108 cm³/mol. The number of carbonyl (C=O) groups is 1. The van der Waals surface area contributed by atoms with Crippen LogP contribution in [0.4, 0.5) is 0 Å². The first kappa shape index (κ1) is 21.9. The van der Waals surface area contributed by atoms with E-state index >= 15 is 0 Å². The second kappa shape index (κ2) is 9.66. The summed E-state index contributed by atoms with van der Waals surface area (Å²) in [7, 11) is -3.72. The van der Waals surface area contributed by atoms with Gasteiger partial charge in [0, 0.05) is 32.7 Å². The fourth-order valence-corrected chi connectivity index (χ4v) is 5.53. The highest BCUT2D eigenvalue weighted by Crippen LogP contribution is 2.25. The van der Waals surface area contributed by atoms with Crippen molar-refractivity contribution in [2.24, 2.45) is 0 Å². The molecule has 2 rings (SSSR count). The SMILES string of the molecule is CCCCCN(CC(=O)N1CCNCC1)S(=O)(=O)c1c(C)cc(C)cc1C. The molecule has 1 fully saturated rings. The number of hydrogen-bond donors (Lipinski definition) is 1. The van der Waals surface area contributed by atoms with E-state index in [-0.39, 0.29) is 12.5 Å². The lowest BCUT2D eigenvalue weighted by Crippen LogP contribution is -2.50. The zero-order chi connectivity index (χ0) is 20.0. The molecule has 1 heterocycles. The molecule has 0 spiro atoms. The second-order valence-corrected chi connectivity index (χ2v) is 9.28. The van der Waals surface area contributed by atoms with Gasteiger partial charge in [0.05, 0.1) is 11.4 Å². The van der Waals surface area contributed by atoms with Gasteiger partial charge in [-0.2, -0.15) is 4.31 Å². The minimum atomic E-state index is -3.72. The molecule has 1 aliphatic heterocycles. The number of nitrogens with one attached hydrogen (secondary N) is 1. The summed E-state index contributed by atoms with van der Waals surface area (Å²) < 4.78 is 28.3. The number of unbranched alkanes of at least 4 members (excludes halogenated alkanes) is 2. The highest BCUT2D eigenvalue weighted by molar-refractivity contribution is 7.89. The standard InChI is InChI=1S/C20H33N3O3S/c1-5-6-7-10-23(15-19(24)22-11-8-21-9-12-22)27(25,26)20-17(3)13-16(2)14-18(20)4/h13-14,21H,5-12,15H2,1-4H3. The number of piperazine rings is 1. The van der Waals surface area contributed by atoms with Crippen molar-refractivity contribution < 1.29 is 13.2 Å². The quantitative estimate of drug-likeness (QED) is 0.685. The maximum atomic E-state index is 13.4. The first-order valence-electron chi connectivity index (χ1n) is 9.84. The third-order valence-corrected chi connectivity index (χ3v) is 7.15. The van der Waals surface area contributed by atoms with E-state index in [0.717, 1.165) is 49.0 Å². The number of sulfonamides is 1. The van der Waals surface area contributed by atoms with Gasteiger partial charge in [-0.05, 0) is 38.3 Å². The summed E-state index contributed by atoms with van der Waals surface area (Å²) in [5.41, 5.74) is 2.52. The summed E-state index contributed by atoms with van der Waals surface area (Å²) in [6, 6.07) is 3.78. The third kappa shape index (κ3) is 5.53. The average Bonchev–Trinajstić information content (AvgIpc) is 2.60. The Kier molecular flexibility index (Phi) is 7.82. The second-order valence-electron chi connectivity index (χ2n) is 7.40. The number of hydrogen-bond acceptors (Lipinski definition) is 4. The molecule has 1 amide bonds. The van der Waals surface area contributed by atoms with Crippen molar-refractivity contribution in [1.29, 1.82) is 0 Å². The lowest BCUT2D eigenvalue weighted by atomic mass is 10.1. The Labute approximate surface area is 164 Å². The van der Waals surface area contributed by atoms with E-state index in [4.69, 9.17) is 0 Å². The Hall–Kier alpha value is -1.44. The lowest BCUT2D eigenvalue weighted by Gasteiger charge is -2.30. The number of nitrogens with zero attached hydrogens (tertiary/aromatic N) is 2. The van der Waals surface area contributed by atoms with E-state index in [2.05, 4.69) is 12.2 Å². The van der Waals surface area contributed by atoms with Gasteiger partial charge in [-0.25, -0.2) is 8.42 Å². The van der Waals surface area contributed by atoms with Crippen molar-refractivity contribution in [2.75, 3.05) is 39.3 Å². The van der Waals surface area contributed by atoms with Crippen LogP contribution in [0.25, 0.3) is 0 Å². The summed E-state index contributed by atoms with van der Waals surface area (Å²) in [5, 5.41) is 3.22. The largest absolute Gasteiger partial charge is 0.339 e. The molecule has 0 aliphatic carbocycles. The molecule has 1 saturated heterocycles. The molecule has 27 heavy (non-hydrogen) atoms. The van der Waals surface area contributed by atoms with Crippen LogP contribution in [0.3, 0.4) is 0 Å². The topological polar surface area (TPSA) is 69.7 Å². The fourth-order valence-electron chi connectivity index (χ4n) is 3.69. The van der Waals surface area contributed by atoms with E-state index in [1.54, 1.807) is 4.90 Å². The van der Waals surface area contributed by atoms with E-state index in [0.29, 0.717) is 24.5 Å². The van der Waals surface area contributed by atoms with Gasteiger partial charge in [0.1, 0.15) is 0 Å². The van der Waals surface area contributed by atoms with Crippen molar-refractivity contribution in [3.63, 3.8) is 0 Å². The summed E-state index contributed by atoms with van der Waals surface area (Å²) in [6.45, 7) is 10.8. The number of carbonyl (C=O) groups excluding carboxylic acids is 1. The average molecular weight is 396 g/mol. The normalized spacial score (nSPS) is 15.4. The highest BCUT2D eigenvalue weighted by Gasteiger charge is 2.31. The Balaban J connectivity index is 2.29. The first-order valence-corrected chi connectivity index (χ1v) is 11.3. The maximum absolute atomic E-state index is 13.4. The van der Waals surface area contributed by atoms with Gasteiger partial charge >= 0.3 is 0 Å². The Morgan fingerprint density at radius 1 is 1.11 bits per heavy atom. The molecule has 1 aromatic carbocycles. The van der Waals surface area contributed by atoms with Gasteiger partial charge in [0.25, 0.3) is 0 Å². The number of benzene rings is 1. The van der Waals surface area contributed by atoms with E-state index in [9.17, 15) is 13.2 Å². The summed E-state index contributed by atoms with van der Waals surface area (Å²) in [5.74, 6) is -0.112. The zero-order valence-corrected chi connectivity index (χ0v) is 17.9. The molecule has 0 bridgehead atoms. The van der Waals surface area contributed by atoms with Crippen molar-refractivity contribution in [3.8, 4) is 0 Å². The molecular formula is C20H33N3O3S. The molecule has 7 heteroatoms. The monoisotopic (exact) mass is 395 g/mol. The van der Waals surface area contributed by atoms with E-state index in [1.807, 2.05) is 32.9 Å². The lowest BCUT2D eigenvalue weighted by molar-refractivity contribution is -0.131. The Morgan fingerprint density at radius 2 is 1.70 bits per heavy atom. The van der Waals surface area contributed by atoms with Gasteiger partial charge in [0.15, 0.2) is 0 Å². The van der Waals surface area contributed by atoms with Crippen molar-refractivity contribution >= 4 is 15.9 Å². The van der Waals surface area contributed by atoms with Crippen LogP contribution in [0.1, 0.15) is 42.9 Å². The van der Waals surface area contributed by atoms with Crippen LogP contribution in [0.15, 0.2) is 17.0 Å². The van der Waals surface area contributed by atoms with Crippen LogP contribution < -0.4 is 5.32 Å². The molecule has 0 saturated carbocycles. The number of amides is 1. The Morgan fingerprint density at radius 3 is 2.26 bits per heavy atom. The van der Waals surface area contributed by atoms with Crippen LogP contribution in [-0.4, -0.2) is 62.8 Å². The van der Waals surface area contributed by atoms with Crippen LogP contribution in [-0.2, 0) is 14.8 Å². The molecule has 0 atom stereocenters. The molecule has 1 aromatic rings. The smallest absolute Gasteiger partial charge is 0.244 e. The fraction of sp³-hybridized carbons (Fsp3) is 0.650. The molecule has 1 N–H and O–H groups in total. The zero-order valence-electron chi connectivity index (χ0n) is 17.0. The maximum Gasteiger partial charge on any atom is 0.244 e. The predicted octanol–water partition coefficient (Wildman–Crippen LogP) is 2.22. The van der Waals surface area contributed by atoms with Crippen LogP contribution in [0.2, 0.25) is 0 Å². The van der Waals surface area contributed by atoms with Gasteiger partial charge in [0.2, 0.25) is 15.9 Å².